The van der Waals surface area contributed by atoms with Gasteiger partial charge >= 0.3 is 0 Å². The molecule has 35 heavy (non-hydrogen) atoms. The molecule has 2 aromatic carbocycles. The van der Waals surface area contributed by atoms with Gasteiger partial charge in [-0.25, -0.2) is 9.37 Å². The molecule has 0 unspecified atom stereocenters. The molecule has 0 radical (unpaired) electrons. The highest BCUT2D eigenvalue weighted by atomic mass is 19.1. The molecule has 1 saturated heterocycles. The van der Waals surface area contributed by atoms with Crippen molar-refractivity contribution in [3.8, 4) is 17.4 Å². The molecule has 2 aliphatic rings. The first-order chi connectivity index (χ1) is 17.0. The molecule has 0 aliphatic carbocycles. The molecule has 1 fully saturated rings. The molecule has 182 valence electrons. The molecule has 0 bridgehead atoms. The molecule has 2 aliphatic heterocycles. The van der Waals surface area contributed by atoms with Crippen molar-refractivity contribution in [2.24, 2.45) is 0 Å². The lowest BCUT2D eigenvalue weighted by atomic mass is 10.0. The molecular formula is C26H28FN5O3. The van der Waals surface area contributed by atoms with Gasteiger partial charge in [0.05, 0.1) is 24.9 Å². The monoisotopic (exact) mass is 477 g/mol. The number of carbonyl (C=O) groups excluding carboxylic acids is 1. The summed E-state index contributed by atoms with van der Waals surface area (Å²) >= 11 is 0. The normalized spacial score (nSPS) is 16.1. The number of rotatable bonds is 5. The number of anilines is 1. The molecule has 0 spiro atoms. The van der Waals surface area contributed by atoms with E-state index in [1.54, 1.807) is 30.2 Å². The first-order valence-electron chi connectivity index (χ1n) is 11.7. The van der Waals surface area contributed by atoms with Gasteiger partial charge < -0.3 is 24.2 Å². The van der Waals surface area contributed by atoms with Crippen LogP contribution in [-0.4, -0.2) is 72.6 Å². The Morgan fingerprint density at radius 2 is 1.74 bits per heavy atom. The Balaban J connectivity index is 1.48. The number of aromatic nitrogens is 2. The van der Waals surface area contributed by atoms with Crippen molar-refractivity contribution in [1.29, 1.82) is 0 Å². The van der Waals surface area contributed by atoms with E-state index in [-0.39, 0.29) is 12.5 Å². The highest BCUT2D eigenvalue weighted by Gasteiger charge is 2.29. The molecule has 5 rings (SSSR count). The highest BCUT2D eigenvalue weighted by molar-refractivity contribution is 5.94. The molecular weight excluding hydrogens is 449 g/mol. The number of carbonyl (C=O) groups is 1. The number of nitrogens with zero attached hydrogens (tertiary/aromatic N) is 5. The van der Waals surface area contributed by atoms with Crippen LogP contribution in [0.25, 0.3) is 0 Å². The van der Waals surface area contributed by atoms with E-state index >= 15 is 0 Å². The largest absolute Gasteiger partial charge is 0.497 e. The van der Waals surface area contributed by atoms with Crippen LogP contribution in [-0.2, 0) is 13.0 Å². The van der Waals surface area contributed by atoms with Crippen molar-refractivity contribution in [3.63, 3.8) is 0 Å². The summed E-state index contributed by atoms with van der Waals surface area (Å²) in [5.41, 5.74) is 1.95. The second kappa shape index (κ2) is 9.87. The first-order valence-corrected chi connectivity index (χ1v) is 11.7. The van der Waals surface area contributed by atoms with Gasteiger partial charge in [0.2, 0.25) is 11.8 Å². The van der Waals surface area contributed by atoms with Crippen LogP contribution >= 0.6 is 0 Å². The fourth-order valence-electron chi connectivity index (χ4n) is 4.36. The summed E-state index contributed by atoms with van der Waals surface area (Å²) in [5, 5.41) is 0. The maximum absolute atomic E-state index is 13.7. The molecule has 9 heteroatoms. The summed E-state index contributed by atoms with van der Waals surface area (Å²) < 4.78 is 25.3. The van der Waals surface area contributed by atoms with E-state index in [9.17, 15) is 9.18 Å². The lowest BCUT2D eigenvalue weighted by Gasteiger charge is -2.34. The molecule has 8 nitrogen and oxygen atoms in total. The van der Waals surface area contributed by atoms with Gasteiger partial charge in [0.25, 0.3) is 5.91 Å². The summed E-state index contributed by atoms with van der Waals surface area (Å²) in [6.45, 7) is 4.30. The summed E-state index contributed by atoms with van der Waals surface area (Å²) in [6.07, 6.45) is 0.564. The molecule has 3 aromatic rings. The highest BCUT2D eigenvalue weighted by Crippen LogP contribution is 2.33. The second-order valence-electron chi connectivity index (χ2n) is 8.81. The maximum atomic E-state index is 13.7. The number of hydrogen-bond donors (Lipinski definition) is 0. The van der Waals surface area contributed by atoms with Gasteiger partial charge in [0.15, 0.2) is 0 Å². The molecule has 0 atom stereocenters. The number of amides is 1. The Morgan fingerprint density at radius 3 is 2.51 bits per heavy atom. The number of hydrogen-bond acceptors (Lipinski definition) is 7. The van der Waals surface area contributed by atoms with Gasteiger partial charge in [0, 0.05) is 50.8 Å². The van der Waals surface area contributed by atoms with E-state index in [0.29, 0.717) is 41.9 Å². The summed E-state index contributed by atoms with van der Waals surface area (Å²) in [7, 11) is 3.71. The van der Waals surface area contributed by atoms with Gasteiger partial charge in [-0.2, -0.15) is 4.98 Å². The van der Waals surface area contributed by atoms with Crippen LogP contribution < -0.4 is 14.4 Å². The van der Waals surface area contributed by atoms with Crippen LogP contribution in [0.4, 0.5) is 10.3 Å². The Bertz CT molecular complexity index is 1230. The van der Waals surface area contributed by atoms with Gasteiger partial charge in [-0.1, -0.05) is 12.1 Å². The van der Waals surface area contributed by atoms with Crippen LogP contribution in [0.2, 0.25) is 0 Å². The minimum absolute atomic E-state index is 0.231. The second-order valence-corrected chi connectivity index (χ2v) is 8.81. The van der Waals surface area contributed by atoms with Crippen LogP contribution in [0, 0.1) is 5.82 Å². The molecule has 3 heterocycles. The quantitative estimate of drug-likeness (QED) is 0.558. The number of piperazine rings is 1. The average Bonchev–Trinajstić information content (AvgIpc) is 2.88. The SMILES string of the molecule is COc1cccc(Oc2nc(N3CCN(C)CC3)nc3c2CN(C(=O)c2cccc(F)c2)CC3)c1. The van der Waals surface area contributed by atoms with Crippen LogP contribution in [0.1, 0.15) is 21.6 Å². The van der Waals surface area contributed by atoms with Gasteiger partial charge in [0.1, 0.15) is 17.3 Å². The third kappa shape index (κ3) is 5.05. The zero-order chi connectivity index (χ0) is 24.4. The maximum Gasteiger partial charge on any atom is 0.254 e. The van der Waals surface area contributed by atoms with Gasteiger partial charge in [-0.3, -0.25) is 4.79 Å². The Kier molecular flexibility index (Phi) is 6.50. The summed E-state index contributed by atoms with van der Waals surface area (Å²) in [5.74, 6) is 1.66. The third-order valence-electron chi connectivity index (χ3n) is 6.41. The van der Waals surface area contributed by atoms with E-state index in [1.807, 2.05) is 18.2 Å². The predicted molar refractivity (Wildman–Crippen MR) is 130 cm³/mol. The molecule has 0 saturated carbocycles. The van der Waals surface area contributed by atoms with E-state index in [1.165, 1.54) is 12.1 Å². The lowest BCUT2D eigenvalue weighted by Crippen LogP contribution is -2.45. The molecule has 1 aromatic heterocycles. The zero-order valence-corrected chi connectivity index (χ0v) is 19.9. The van der Waals surface area contributed by atoms with Crippen LogP contribution in [0.5, 0.6) is 17.4 Å². The van der Waals surface area contributed by atoms with E-state index in [2.05, 4.69) is 16.8 Å². The molecule has 0 N–H and O–H groups in total. The van der Waals surface area contributed by atoms with Gasteiger partial charge in [-0.15, -0.1) is 0 Å². The van der Waals surface area contributed by atoms with E-state index in [4.69, 9.17) is 19.4 Å². The Labute approximate surface area is 203 Å². The van der Waals surface area contributed by atoms with Crippen molar-refractivity contribution >= 4 is 11.9 Å². The van der Waals surface area contributed by atoms with Gasteiger partial charge in [-0.05, 0) is 37.4 Å². The number of methoxy groups -OCH3 is 1. The standard InChI is InChI=1S/C26H28FN5O3/c1-30-11-13-31(14-12-30)26-28-23-9-10-32(25(33)18-5-3-6-19(27)15-18)17-22(23)24(29-26)35-21-8-4-7-20(16-21)34-2/h3-8,15-16H,9-14,17H2,1-2H3. The smallest absolute Gasteiger partial charge is 0.254 e. The molecule has 1 amide bonds. The van der Waals surface area contributed by atoms with Crippen LogP contribution in [0.15, 0.2) is 48.5 Å². The minimum atomic E-state index is -0.435. The third-order valence-corrected chi connectivity index (χ3v) is 6.41. The Hall–Kier alpha value is -3.72. The lowest BCUT2D eigenvalue weighted by molar-refractivity contribution is 0.0731. The number of halogens is 1. The number of benzene rings is 2. The number of likely N-dealkylation sites (N-methyl/N-ethyl adjacent to an activating group) is 1. The number of ether oxygens (including phenoxy) is 2. The van der Waals surface area contributed by atoms with Crippen molar-refractivity contribution in [1.82, 2.24) is 19.8 Å². The fraction of sp³-hybridized carbons (Fsp3) is 0.346. The van der Waals surface area contributed by atoms with E-state index < -0.39 is 5.82 Å². The average molecular weight is 478 g/mol. The van der Waals surface area contributed by atoms with Crippen molar-refractivity contribution in [2.75, 3.05) is 51.8 Å². The number of fused-ring (bicyclic) bond motifs is 1. The van der Waals surface area contributed by atoms with Crippen molar-refractivity contribution in [2.45, 2.75) is 13.0 Å². The zero-order valence-electron chi connectivity index (χ0n) is 19.9. The topological polar surface area (TPSA) is 71.0 Å². The van der Waals surface area contributed by atoms with Crippen molar-refractivity contribution < 1.29 is 18.7 Å². The summed E-state index contributed by atoms with van der Waals surface area (Å²) in [4.78, 5) is 28.9. The predicted octanol–water partition coefficient (Wildman–Crippen LogP) is 3.37. The minimum Gasteiger partial charge on any atom is -0.497 e. The van der Waals surface area contributed by atoms with Crippen LogP contribution in [0.3, 0.4) is 0 Å². The summed E-state index contributed by atoms with van der Waals surface area (Å²) in [6, 6.07) is 13.1. The fourth-order valence-corrected chi connectivity index (χ4v) is 4.36. The Morgan fingerprint density at radius 1 is 0.971 bits per heavy atom. The first kappa shape index (κ1) is 23.0. The van der Waals surface area contributed by atoms with Crippen molar-refractivity contribution in [3.05, 3.63) is 71.2 Å². The van der Waals surface area contributed by atoms with E-state index in [0.717, 1.165) is 37.4 Å².